The number of carbonyl (C=O) groups is 2. The Hall–Kier alpha value is -2.08. The van der Waals surface area contributed by atoms with Crippen LogP contribution >= 0.6 is 0 Å². The quantitative estimate of drug-likeness (QED) is 0.827. The summed E-state index contributed by atoms with van der Waals surface area (Å²) in [6.45, 7) is 5.79. The van der Waals surface area contributed by atoms with Crippen molar-refractivity contribution in [3.05, 3.63) is 35.9 Å². The molecule has 2 atom stereocenters. The lowest BCUT2D eigenvalue weighted by molar-refractivity contribution is -0.148. The number of benzene rings is 1. The van der Waals surface area contributed by atoms with E-state index in [1.165, 1.54) is 7.11 Å². The van der Waals surface area contributed by atoms with E-state index in [2.05, 4.69) is 5.32 Å². The van der Waals surface area contributed by atoms with Gasteiger partial charge >= 0.3 is 12.1 Å². The third-order valence-electron chi connectivity index (χ3n) is 4.11. The fourth-order valence-corrected chi connectivity index (χ4v) is 2.98. The number of ether oxygens (including phenoxy) is 3. The summed E-state index contributed by atoms with van der Waals surface area (Å²) < 4.78 is 16.1. The van der Waals surface area contributed by atoms with Crippen LogP contribution in [-0.4, -0.2) is 36.4 Å². The highest BCUT2D eigenvalue weighted by molar-refractivity contribution is 5.86. The number of nitrogens with one attached hydrogen (secondary N) is 1. The van der Waals surface area contributed by atoms with E-state index >= 15 is 0 Å². The van der Waals surface area contributed by atoms with Crippen LogP contribution in [0, 0.1) is 0 Å². The first kappa shape index (κ1) is 19.2. The molecule has 25 heavy (non-hydrogen) atoms. The van der Waals surface area contributed by atoms with Gasteiger partial charge in [0.25, 0.3) is 0 Å². The Balaban J connectivity index is 1.99. The van der Waals surface area contributed by atoms with Gasteiger partial charge in [0.05, 0.1) is 19.8 Å². The maximum atomic E-state index is 12.3. The lowest BCUT2D eigenvalue weighted by atomic mass is 9.98. The summed E-state index contributed by atoms with van der Waals surface area (Å²) in [7, 11) is 1.32. The molecule has 1 fully saturated rings. The predicted octanol–water partition coefficient (Wildman–Crippen LogP) is 3.19. The smallest absolute Gasteiger partial charge is 0.408 e. The molecule has 6 nitrogen and oxygen atoms in total. The van der Waals surface area contributed by atoms with E-state index in [1.807, 2.05) is 30.3 Å². The fraction of sp³-hybridized carbons (Fsp3) is 0.579. The average molecular weight is 349 g/mol. The molecule has 0 aliphatic heterocycles. The van der Waals surface area contributed by atoms with E-state index in [4.69, 9.17) is 14.2 Å². The summed E-state index contributed by atoms with van der Waals surface area (Å²) >= 11 is 0. The van der Waals surface area contributed by atoms with E-state index in [0.717, 1.165) is 5.56 Å². The van der Waals surface area contributed by atoms with Gasteiger partial charge in [-0.05, 0) is 39.2 Å². The van der Waals surface area contributed by atoms with Crippen molar-refractivity contribution in [3.8, 4) is 0 Å². The van der Waals surface area contributed by atoms with Crippen molar-refractivity contribution in [1.29, 1.82) is 0 Å². The first-order chi connectivity index (χ1) is 11.7. The molecule has 0 heterocycles. The van der Waals surface area contributed by atoms with E-state index in [0.29, 0.717) is 25.9 Å². The Kier molecular flexibility index (Phi) is 6.06. The second-order valence-corrected chi connectivity index (χ2v) is 7.36. The average Bonchev–Trinajstić information content (AvgIpc) is 2.95. The molecule has 0 radical (unpaired) electrons. The molecule has 0 bridgehead atoms. The first-order valence-corrected chi connectivity index (χ1v) is 8.49. The lowest BCUT2D eigenvalue weighted by Gasteiger charge is -2.29. The predicted molar refractivity (Wildman–Crippen MR) is 93.0 cm³/mol. The Morgan fingerprint density at radius 2 is 1.92 bits per heavy atom. The van der Waals surface area contributed by atoms with Gasteiger partial charge in [-0.25, -0.2) is 9.59 Å². The molecule has 6 heteroatoms. The van der Waals surface area contributed by atoms with Gasteiger partial charge in [0, 0.05) is 6.42 Å². The minimum atomic E-state index is -1.10. The van der Waals surface area contributed by atoms with E-state index in [-0.39, 0.29) is 6.10 Å². The Morgan fingerprint density at radius 1 is 1.24 bits per heavy atom. The van der Waals surface area contributed by atoms with E-state index < -0.39 is 23.2 Å². The van der Waals surface area contributed by atoms with Crippen LogP contribution in [0.15, 0.2) is 30.3 Å². The van der Waals surface area contributed by atoms with Crippen molar-refractivity contribution < 1.29 is 23.8 Å². The molecule has 1 amide bonds. The SMILES string of the molecule is COC(=O)C1(NC(=O)OC(C)(C)C)CCC(OCc2ccccc2)C1. The van der Waals surface area contributed by atoms with Gasteiger partial charge in [0.2, 0.25) is 0 Å². The molecule has 0 saturated heterocycles. The van der Waals surface area contributed by atoms with Gasteiger partial charge in [0.1, 0.15) is 11.1 Å². The largest absolute Gasteiger partial charge is 0.467 e. The summed E-state index contributed by atoms with van der Waals surface area (Å²) in [6, 6.07) is 9.83. The zero-order chi connectivity index (χ0) is 18.5. The normalized spacial score (nSPS) is 23.1. The number of carbonyl (C=O) groups excluding carboxylic acids is 2. The standard InChI is InChI=1S/C19H27NO5/c1-18(2,3)25-17(22)20-19(16(21)23-4)11-10-15(12-19)24-13-14-8-6-5-7-9-14/h5-9,15H,10-13H2,1-4H3,(H,20,22). The van der Waals surface area contributed by atoms with Crippen molar-refractivity contribution in [2.75, 3.05) is 7.11 Å². The summed E-state index contributed by atoms with van der Waals surface area (Å²) in [5, 5.41) is 2.71. The molecule has 1 N–H and O–H groups in total. The van der Waals surface area contributed by atoms with Crippen molar-refractivity contribution >= 4 is 12.1 Å². The van der Waals surface area contributed by atoms with Gasteiger partial charge in [-0.1, -0.05) is 30.3 Å². The molecule has 2 rings (SSSR count). The second-order valence-electron chi connectivity index (χ2n) is 7.36. The lowest BCUT2D eigenvalue weighted by Crippen LogP contribution is -2.54. The first-order valence-electron chi connectivity index (χ1n) is 8.49. The van der Waals surface area contributed by atoms with Crippen molar-refractivity contribution in [3.63, 3.8) is 0 Å². The van der Waals surface area contributed by atoms with Gasteiger partial charge in [0.15, 0.2) is 0 Å². The molecule has 1 aromatic carbocycles. The highest BCUT2D eigenvalue weighted by Gasteiger charge is 2.48. The molecule has 1 aliphatic carbocycles. The highest BCUT2D eigenvalue weighted by atomic mass is 16.6. The summed E-state index contributed by atoms with van der Waals surface area (Å²) in [5.74, 6) is -0.468. The second kappa shape index (κ2) is 7.87. The van der Waals surface area contributed by atoms with E-state index in [9.17, 15) is 9.59 Å². The highest BCUT2D eigenvalue weighted by Crippen LogP contribution is 2.34. The zero-order valence-corrected chi connectivity index (χ0v) is 15.3. The van der Waals surface area contributed by atoms with Crippen LogP contribution in [0.5, 0.6) is 0 Å². The Labute approximate surface area is 148 Å². The molecule has 138 valence electrons. The molecule has 2 unspecified atom stereocenters. The van der Waals surface area contributed by atoms with Gasteiger partial charge in [-0.3, -0.25) is 0 Å². The molecule has 0 aromatic heterocycles. The van der Waals surface area contributed by atoms with Gasteiger partial charge in [-0.15, -0.1) is 0 Å². The molecule has 1 saturated carbocycles. The number of hydrogen-bond donors (Lipinski definition) is 1. The monoisotopic (exact) mass is 349 g/mol. The molecular formula is C19H27NO5. The Bertz CT molecular complexity index is 596. The third-order valence-corrected chi connectivity index (χ3v) is 4.11. The van der Waals surface area contributed by atoms with E-state index in [1.54, 1.807) is 20.8 Å². The van der Waals surface area contributed by atoms with Crippen LogP contribution in [-0.2, 0) is 25.6 Å². The number of alkyl carbamates (subject to hydrolysis) is 1. The van der Waals surface area contributed by atoms with Crippen LogP contribution in [0.25, 0.3) is 0 Å². The maximum Gasteiger partial charge on any atom is 0.408 e. The number of amides is 1. The summed E-state index contributed by atoms with van der Waals surface area (Å²) in [4.78, 5) is 24.5. The molecular weight excluding hydrogens is 322 g/mol. The topological polar surface area (TPSA) is 73.9 Å². The number of methoxy groups -OCH3 is 1. The number of esters is 1. The zero-order valence-electron chi connectivity index (χ0n) is 15.3. The van der Waals surface area contributed by atoms with Crippen LogP contribution in [0.2, 0.25) is 0 Å². The molecule has 0 spiro atoms. The maximum absolute atomic E-state index is 12.3. The number of rotatable bonds is 5. The van der Waals surface area contributed by atoms with Crippen molar-refractivity contribution in [1.82, 2.24) is 5.32 Å². The van der Waals surface area contributed by atoms with Crippen LogP contribution in [0.1, 0.15) is 45.6 Å². The minimum absolute atomic E-state index is 0.130. The fourth-order valence-electron chi connectivity index (χ4n) is 2.98. The van der Waals surface area contributed by atoms with Crippen LogP contribution < -0.4 is 5.32 Å². The minimum Gasteiger partial charge on any atom is -0.467 e. The summed E-state index contributed by atoms with van der Waals surface area (Å²) in [6.07, 6.45) is 0.734. The van der Waals surface area contributed by atoms with Crippen LogP contribution in [0.3, 0.4) is 0 Å². The van der Waals surface area contributed by atoms with Gasteiger partial charge in [-0.2, -0.15) is 0 Å². The van der Waals surface area contributed by atoms with Crippen molar-refractivity contribution in [2.45, 2.75) is 63.9 Å². The Morgan fingerprint density at radius 3 is 2.52 bits per heavy atom. The molecule has 1 aliphatic rings. The van der Waals surface area contributed by atoms with Gasteiger partial charge < -0.3 is 19.5 Å². The molecule has 1 aromatic rings. The summed E-state index contributed by atoms with van der Waals surface area (Å²) in [5.41, 5.74) is -0.667. The number of hydrogen-bond acceptors (Lipinski definition) is 5. The van der Waals surface area contributed by atoms with Crippen LogP contribution in [0.4, 0.5) is 4.79 Å². The van der Waals surface area contributed by atoms with Crippen molar-refractivity contribution in [2.24, 2.45) is 0 Å². The third kappa shape index (κ3) is 5.46.